The van der Waals surface area contributed by atoms with Gasteiger partial charge in [0, 0.05) is 24.2 Å². The average Bonchev–Trinajstić information content (AvgIpc) is 3.43. The van der Waals surface area contributed by atoms with Gasteiger partial charge in [0.2, 0.25) is 5.95 Å². The molecule has 5 heteroatoms. The Bertz CT molecular complexity index is 741. The second-order valence-electron chi connectivity index (χ2n) is 6.80. The number of anilines is 2. The van der Waals surface area contributed by atoms with Crippen molar-refractivity contribution in [1.82, 2.24) is 9.97 Å². The number of hydrogen-bond donors (Lipinski definition) is 2. The fourth-order valence-electron chi connectivity index (χ4n) is 3.16. The standard InChI is InChI=1S/C20H28N4O/c1-4-5-10-22-19-17(13(2)23-20(21)24-19)12-16-11-15(14-6-7-14)8-9-18(16)25-3/h8-9,11,14H,4-7,10,12H2,1-3H3,(H3,21,22,23,24). The quantitative estimate of drug-likeness (QED) is 0.709. The van der Waals surface area contributed by atoms with Gasteiger partial charge in [-0.1, -0.05) is 25.5 Å². The summed E-state index contributed by atoms with van der Waals surface area (Å²) >= 11 is 0. The lowest BCUT2D eigenvalue weighted by Crippen LogP contribution is -2.11. The average molecular weight is 340 g/mol. The first kappa shape index (κ1) is 17.5. The lowest BCUT2D eigenvalue weighted by atomic mass is 9.99. The summed E-state index contributed by atoms with van der Waals surface area (Å²) in [5.74, 6) is 2.80. The molecule has 1 aromatic carbocycles. The molecule has 3 N–H and O–H groups in total. The van der Waals surface area contributed by atoms with Crippen LogP contribution in [-0.4, -0.2) is 23.6 Å². The fraction of sp³-hybridized carbons (Fsp3) is 0.500. The minimum absolute atomic E-state index is 0.318. The van der Waals surface area contributed by atoms with E-state index in [-0.39, 0.29) is 0 Å². The number of ether oxygens (including phenoxy) is 1. The Morgan fingerprint density at radius 2 is 2.08 bits per heavy atom. The number of unbranched alkanes of at least 4 members (excludes halogenated alkanes) is 1. The number of aromatic nitrogens is 2. The molecule has 0 unspecified atom stereocenters. The fourth-order valence-corrected chi connectivity index (χ4v) is 3.16. The number of nitrogens with one attached hydrogen (secondary N) is 1. The zero-order chi connectivity index (χ0) is 17.8. The van der Waals surface area contributed by atoms with E-state index in [4.69, 9.17) is 10.5 Å². The molecule has 3 rings (SSSR count). The second-order valence-corrected chi connectivity index (χ2v) is 6.80. The minimum atomic E-state index is 0.318. The summed E-state index contributed by atoms with van der Waals surface area (Å²) in [6.07, 6.45) is 5.56. The number of benzene rings is 1. The first-order valence-corrected chi connectivity index (χ1v) is 9.16. The van der Waals surface area contributed by atoms with E-state index in [0.717, 1.165) is 54.5 Å². The topological polar surface area (TPSA) is 73.1 Å². The molecule has 0 atom stereocenters. The van der Waals surface area contributed by atoms with Crippen LogP contribution in [-0.2, 0) is 6.42 Å². The number of aryl methyl sites for hydroxylation is 1. The van der Waals surface area contributed by atoms with E-state index in [1.165, 1.54) is 24.0 Å². The van der Waals surface area contributed by atoms with Gasteiger partial charge in [0.15, 0.2) is 0 Å². The van der Waals surface area contributed by atoms with Crippen LogP contribution in [0.25, 0.3) is 0 Å². The largest absolute Gasteiger partial charge is 0.496 e. The van der Waals surface area contributed by atoms with Crippen molar-refractivity contribution in [2.45, 2.75) is 51.9 Å². The van der Waals surface area contributed by atoms with Crippen LogP contribution < -0.4 is 15.8 Å². The number of methoxy groups -OCH3 is 1. The second kappa shape index (κ2) is 7.72. The van der Waals surface area contributed by atoms with Crippen LogP contribution in [0.4, 0.5) is 11.8 Å². The van der Waals surface area contributed by atoms with Gasteiger partial charge in [-0.05, 0) is 49.3 Å². The monoisotopic (exact) mass is 340 g/mol. The molecule has 134 valence electrons. The Balaban J connectivity index is 1.92. The molecule has 5 nitrogen and oxygen atoms in total. The number of nitrogen functional groups attached to an aromatic ring is 1. The molecule has 1 fully saturated rings. The van der Waals surface area contributed by atoms with Crippen molar-refractivity contribution < 1.29 is 4.74 Å². The van der Waals surface area contributed by atoms with Crippen molar-refractivity contribution in [3.05, 3.63) is 40.6 Å². The molecule has 1 saturated carbocycles. The normalized spacial score (nSPS) is 13.7. The summed E-state index contributed by atoms with van der Waals surface area (Å²) in [4.78, 5) is 8.81. The highest BCUT2D eigenvalue weighted by Crippen LogP contribution is 2.41. The predicted octanol–water partition coefficient (Wildman–Crippen LogP) is 4.06. The number of hydrogen-bond acceptors (Lipinski definition) is 5. The highest BCUT2D eigenvalue weighted by atomic mass is 16.5. The maximum absolute atomic E-state index is 5.87. The Morgan fingerprint density at radius 1 is 1.28 bits per heavy atom. The van der Waals surface area contributed by atoms with E-state index in [1.54, 1.807) is 7.11 Å². The van der Waals surface area contributed by atoms with Crippen LogP contribution >= 0.6 is 0 Å². The third kappa shape index (κ3) is 4.21. The van der Waals surface area contributed by atoms with Crippen LogP contribution in [0.1, 0.15) is 60.9 Å². The summed E-state index contributed by atoms with van der Waals surface area (Å²) in [5, 5.41) is 3.43. The number of nitrogens with two attached hydrogens (primary N) is 1. The van der Waals surface area contributed by atoms with Crippen molar-refractivity contribution in [3.8, 4) is 5.75 Å². The van der Waals surface area contributed by atoms with Gasteiger partial charge in [-0.2, -0.15) is 4.98 Å². The van der Waals surface area contributed by atoms with E-state index in [9.17, 15) is 0 Å². The van der Waals surface area contributed by atoms with E-state index in [1.807, 2.05) is 6.92 Å². The van der Waals surface area contributed by atoms with Gasteiger partial charge in [-0.25, -0.2) is 4.98 Å². The van der Waals surface area contributed by atoms with Crippen LogP contribution in [0.15, 0.2) is 18.2 Å². The van der Waals surface area contributed by atoms with Crippen molar-refractivity contribution >= 4 is 11.8 Å². The molecule has 0 aliphatic heterocycles. The van der Waals surface area contributed by atoms with Crippen molar-refractivity contribution in [2.75, 3.05) is 24.7 Å². The highest BCUT2D eigenvalue weighted by Gasteiger charge is 2.24. The van der Waals surface area contributed by atoms with E-state index in [2.05, 4.69) is 40.4 Å². The van der Waals surface area contributed by atoms with Crippen LogP contribution in [0.3, 0.4) is 0 Å². The molecule has 1 aliphatic carbocycles. The number of nitrogens with zero attached hydrogens (tertiary/aromatic N) is 2. The summed E-state index contributed by atoms with van der Waals surface area (Å²) in [6.45, 7) is 5.06. The smallest absolute Gasteiger partial charge is 0.222 e. The molecule has 1 aliphatic rings. The van der Waals surface area contributed by atoms with Gasteiger partial charge in [-0.15, -0.1) is 0 Å². The third-order valence-corrected chi connectivity index (χ3v) is 4.77. The maximum Gasteiger partial charge on any atom is 0.222 e. The molecular weight excluding hydrogens is 312 g/mol. The van der Waals surface area contributed by atoms with Crippen molar-refractivity contribution in [2.24, 2.45) is 0 Å². The van der Waals surface area contributed by atoms with Crippen LogP contribution in [0.2, 0.25) is 0 Å². The number of rotatable bonds is 8. The van der Waals surface area contributed by atoms with E-state index >= 15 is 0 Å². The third-order valence-electron chi connectivity index (χ3n) is 4.77. The van der Waals surface area contributed by atoms with Gasteiger partial charge < -0.3 is 15.8 Å². The Kier molecular flexibility index (Phi) is 5.41. The Hall–Kier alpha value is -2.30. The SMILES string of the molecule is CCCCNc1nc(N)nc(C)c1Cc1cc(C2CC2)ccc1OC. The van der Waals surface area contributed by atoms with Crippen molar-refractivity contribution in [1.29, 1.82) is 0 Å². The molecule has 0 bridgehead atoms. The molecule has 1 heterocycles. The molecular formula is C20H28N4O. The molecule has 1 aromatic heterocycles. The minimum Gasteiger partial charge on any atom is -0.496 e. The summed E-state index contributed by atoms with van der Waals surface area (Å²) < 4.78 is 5.59. The molecule has 0 radical (unpaired) electrons. The summed E-state index contributed by atoms with van der Waals surface area (Å²) in [5.41, 5.74) is 10.5. The highest BCUT2D eigenvalue weighted by molar-refractivity contribution is 5.53. The zero-order valence-electron chi connectivity index (χ0n) is 15.4. The van der Waals surface area contributed by atoms with E-state index in [0.29, 0.717) is 5.95 Å². The van der Waals surface area contributed by atoms with Gasteiger partial charge >= 0.3 is 0 Å². The van der Waals surface area contributed by atoms with E-state index < -0.39 is 0 Å². The maximum atomic E-state index is 5.87. The lowest BCUT2D eigenvalue weighted by Gasteiger charge is -2.16. The Morgan fingerprint density at radius 3 is 2.76 bits per heavy atom. The molecule has 0 spiro atoms. The molecule has 0 amide bonds. The van der Waals surface area contributed by atoms with Gasteiger partial charge in [0.25, 0.3) is 0 Å². The zero-order valence-corrected chi connectivity index (χ0v) is 15.4. The first-order chi connectivity index (χ1) is 12.1. The summed E-state index contributed by atoms with van der Waals surface area (Å²) in [7, 11) is 1.72. The van der Waals surface area contributed by atoms with Crippen LogP contribution in [0.5, 0.6) is 5.75 Å². The van der Waals surface area contributed by atoms with Crippen molar-refractivity contribution in [3.63, 3.8) is 0 Å². The van der Waals surface area contributed by atoms with Crippen LogP contribution in [0, 0.1) is 6.92 Å². The van der Waals surface area contributed by atoms with Gasteiger partial charge in [0.05, 0.1) is 7.11 Å². The lowest BCUT2D eigenvalue weighted by molar-refractivity contribution is 0.410. The summed E-state index contributed by atoms with van der Waals surface area (Å²) in [6, 6.07) is 6.55. The first-order valence-electron chi connectivity index (χ1n) is 9.16. The molecule has 2 aromatic rings. The molecule has 0 saturated heterocycles. The predicted molar refractivity (Wildman–Crippen MR) is 102 cm³/mol. The van der Waals surface area contributed by atoms with Gasteiger partial charge in [-0.3, -0.25) is 0 Å². The Labute approximate surface area is 150 Å². The molecule has 25 heavy (non-hydrogen) atoms. The van der Waals surface area contributed by atoms with Gasteiger partial charge in [0.1, 0.15) is 11.6 Å².